The van der Waals surface area contributed by atoms with E-state index in [1.807, 2.05) is 11.4 Å². The number of hydrogen-bond acceptors (Lipinski definition) is 4. The van der Waals surface area contributed by atoms with Gasteiger partial charge >= 0.3 is 0 Å². The van der Waals surface area contributed by atoms with Gasteiger partial charge in [-0.25, -0.2) is 4.39 Å². The highest BCUT2D eigenvalue weighted by Crippen LogP contribution is 2.35. The molecule has 5 heteroatoms. The van der Waals surface area contributed by atoms with Crippen molar-refractivity contribution in [3.05, 3.63) is 45.9 Å². The third-order valence-electron chi connectivity index (χ3n) is 3.22. The van der Waals surface area contributed by atoms with Gasteiger partial charge in [0.1, 0.15) is 17.3 Å². The average molecular weight is 309 g/mol. The number of nitrogens with one attached hydrogen (secondary N) is 1. The first-order chi connectivity index (χ1) is 10.2. The Labute approximate surface area is 128 Å². The summed E-state index contributed by atoms with van der Waals surface area (Å²) in [6.45, 7) is 2.94. The molecule has 2 aromatic rings. The van der Waals surface area contributed by atoms with Crippen molar-refractivity contribution in [3.8, 4) is 11.5 Å². The van der Waals surface area contributed by atoms with Crippen LogP contribution in [0.4, 0.5) is 4.39 Å². The van der Waals surface area contributed by atoms with E-state index in [0.29, 0.717) is 5.75 Å². The second-order valence-corrected chi connectivity index (χ2v) is 5.61. The van der Waals surface area contributed by atoms with Gasteiger partial charge in [0, 0.05) is 15.8 Å². The fourth-order valence-electron chi connectivity index (χ4n) is 2.18. The predicted octanol–water partition coefficient (Wildman–Crippen LogP) is 3.99. The fourth-order valence-corrected chi connectivity index (χ4v) is 3.12. The first kappa shape index (κ1) is 15.8. The quantitative estimate of drug-likeness (QED) is 0.839. The van der Waals surface area contributed by atoms with Gasteiger partial charge in [-0.3, -0.25) is 0 Å². The van der Waals surface area contributed by atoms with Crippen molar-refractivity contribution in [1.82, 2.24) is 5.32 Å². The number of benzene rings is 1. The van der Waals surface area contributed by atoms with Crippen molar-refractivity contribution >= 4 is 11.3 Å². The van der Waals surface area contributed by atoms with Crippen LogP contribution in [0.25, 0.3) is 0 Å². The van der Waals surface area contributed by atoms with E-state index >= 15 is 0 Å². The molecule has 0 saturated heterocycles. The summed E-state index contributed by atoms with van der Waals surface area (Å²) in [7, 11) is 3.24. The number of hydrogen-bond donors (Lipinski definition) is 1. The van der Waals surface area contributed by atoms with E-state index in [0.717, 1.165) is 29.2 Å². The Kier molecular flexibility index (Phi) is 5.59. The van der Waals surface area contributed by atoms with Crippen LogP contribution >= 0.6 is 11.3 Å². The van der Waals surface area contributed by atoms with Gasteiger partial charge in [0.25, 0.3) is 0 Å². The summed E-state index contributed by atoms with van der Waals surface area (Å²) in [5.41, 5.74) is 0.801. The van der Waals surface area contributed by atoms with Gasteiger partial charge in [-0.15, -0.1) is 11.3 Å². The normalized spacial score (nSPS) is 12.2. The molecule has 0 saturated carbocycles. The van der Waals surface area contributed by atoms with E-state index in [-0.39, 0.29) is 11.9 Å². The molecule has 0 aliphatic carbocycles. The maximum Gasteiger partial charge on any atom is 0.129 e. The van der Waals surface area contributed by atoms with Crippen molar-refractivity contribution in [2.45, 2.75) is 19.4 Å². The maximum absolute atomic E-state index is 13.6. The fraction of sp³-hybridized carbons (Fsp3) is 0.375. The second kappa shape index (κ2) is 7.43. The summed E-state index contributed by atoms with van der Waals surface area (Å²) >= 11 is 1.59. The topological polar surface area (TPSA) is 30.5 Å². The molecule has 1 unspecified atom stereocenters. The number of ether oxygens (including phenoxy) is 2. The first-order valence-corrected chi connectivity index (χ1v) is 7.76. The molecule has 0 bridgehead atoms. The van der Waals surface area contributed by atoms with Crippen LogP contribution in [0.5, 0.6) is 11.5 Å². The lowest BCUT2D eigenvalue weighted by Crippen LogP contribution is -2.23. The van der Waals surface area contributed by atoms with E-state index in [1.165, 1.54) is 12.1 Å². The van der Waals surface area contributed by atoms with E-state index in [9.17, 15) is 4.39 Å². The van der Waals surface area contributed by atoms with Crippen molar-refractivity contribution in [2.75, 3.05) is 20.8 Å². The second-order valence-electron chi connectivity index (χ2n) is 4.66. The average Bonchev–Trinajstić information content (AvgIpc) is 2.97. The number of methoxy groups -OCH3 is 2. The summed E-state index contributed by atoms with van der Waals surface area (Å²) in [6, 6.07) is 6.47. The SMILES string of the molecule is CCCNC(c1cc(OC)cs1)c1cc(F)ccc1OC. The van der Waals surface area contributed by atoms with Gasteiger partial charge in [0.2, 0.25) is 0 Å². The molecule has 1 heterocycles. The largest absolute Gasteiger partial charge is 0.496 e. The summed E-state index contributed by atoms with van der Waals surface area (Å²) < 4.78 is 24.3. The van der Waals surface area contributed by atoms with Gasteiger partial charge in [0.05, 0.1) is 20.3 Å². The molecule has 2 rings (SSSR count). The van der Waals surface area contributed by atoms with Crippen molar-refractivity contribution < 1.29 is 13.9 Å². The summed E-state index contributed by atoms with van der Waals surface area (Å²) in [5, 5.41) is 5.40. The first-order valence-electron chi connectivity index (χ1n) is 6.88. The van der Waals surface area contributed by atoms with Gasteiger partial charge in [-0.05, 0) is 37.2 Å². The highest BCUT2D eigenvalue weighted by Gasteiger charge is 2.20. The molecule has 0 aliphatic heterocycles. The summed E-state index contributed by atoms with van der Waals surface area (Å²) in [4.78, 5) is 1.07. The lowest BCUT2D eigenvalue weighted by atomic mass is 10.0. The highest BCUT2D eigenvalue weighted by molar-refractivity contribution is 7.10. The molecule has 0 radical (unpaired) electrons. The lowest BCUT2D eigenvalue weighted by molar-refractivity contribution is 0.402. The molecule has 21 heavy (non-hydrogen) atoms. The van der Waals surface area contributed by atoms with Crippen LogP contribution in [0.2, 0.25) is 0 Å². The minimum absolute atomic E-state index is 0.107. The zero-order valence-electron chi connectivity index (χ0n) is 12.5. The van der Waals surface area contributed by atoms with Crippen LogP contribution in [0, 0.1) is 5.82 Å². The van der Waals surface area contributed by atoms with Crippen LogP contribution in [-0.4, -0.2) is 20.8 Å². The maximum atomic E-state index is 13.6. The Morgan fingerprint density at radius 2 is 2.05 bits per heavy atom. The smallest absolute Gasteiger partial charge is 0.129 e. The monoisotopic (exact) mass is 309 g/mol. The van der Waals surface area contributed by atoms with Crippen molar-refractivity contribution in [3.63, 3.8) is 0 Å². The molecule has 3 nitrogen and oxygen atoms in total. The molecule has 114 valence electrons. The van der Waals surface area contributed by atoms with Gasteiger partial charge in [0.15, 0.2) is 0 Å². The molecule has 1 aromatic heterocycles. The molecule has 1 N–H and O–H groups in total. The predicted molar refractivity (Wildman–Crippen MR) is 84.0 cm³/mol. The highest BCUT2D eigenvalue weighted by atomic mass is 32.1. The van der Waals surface area contributed by atoms with Gasteiger partial charge in [-0.2, -0.15) is 0 Å². The van der Waals surface area contributed by atoms with Crippen LogP contribution in [0.3, 0.4) is 0 Å². The van der Waals surface area contributed by atoms with Crippen molar-refractivity contribution in [2.24, 2.45) is 0 Å². The molecule has 0 amide bonds. The Bertz CT molecular complexity index is 585. The van der Waals surface area contributed by atoms with Gasteiger partial charge < -0.3 is 14.8 Å². The number of rotatable bonds is 7. The zero-order chi connectivity index (χ0) is 15.2. The van der Waals surface area contributed by atoms with Crippen LogP contribution in [0.1, 0.15) is 29.8 Å². The van der Waals surface area contributed by atoms with Crippen molar-refractivity contribution in [1.29, 1.82) is 0 Å². The molecular weight excluding hydrogens is 289 g/mol. The van der Waals surface area contributed by atoms with E-state index in [1.54, 1.807) is 31.6 Å². The Morgan fingerprint density at radius 3 is 2.67 bits per heavy atom. The molecule has 0 fully saturated rings. The van der Waals surface area contributed by atoms with Crippen LogP contribution < -0.4 is 14.8 Å². The minimum Gasteiger partial charge on any atom is -0.496 e. The Hall–Kier alpha value is -1.59. The number of halogens is 1. The molecular formula is C16H20FNO2S. The molecule has 0 spiro atoms. The molecule has 0 aliphatic rings. The summed E-state index contributed by atoms with van der Waals surface area (Å²) in [5.74, 6) is 1.23. The van der Waals surface area contributed by atoms with Crippen LogP contribution in [0.15, 0.2) is 29.6 Å². The third kappa shape index (κ3) is 3.74. The standard InChI is InChI=1S/C16H20FNO2S/c1-4-7-18-16(15-9-12(19-2)10-21-15)13-8-11(17)5-6-14(13)20-3/h5-6,8-10,16,18H,4,7H2,1-3H3. The minimum atomic E-state index is -0.266. The van der Waals surface area contributed by atoms with Gasteiger partial charge in [-0.1, -0.05) is 6.92 Å². The number of thiophene rings is 1. The molecule has 1 aromatic carbocycles. The third-order valence-corrected chi connectivity index (χ3v) is 4.19. The van der Waals surface area contributed by atoms with Crippen LogP contribution in [-0.2, 0) is 0 Å². The zero-order valence-corrected chi connectivity index (χ0v) is 13.3. The van der Waals surface area contributed by atoms with E-state index in [4.69, 9.17) is 9.47 Å². The summed E-state index contributed by atoms with van der Waals surface area (Å²) in [6.07, 6.45) is 0.997. The molecule has 1 atom stereocenters. The lowest BCUT2D eigenvalue weighted by Gasteiger charge is -2.20. The Morgan fingerprint density at radius 1 is 1.24 bits per heavy atom. The Balaban J connectivity index is 2.41. The van der Waals surface area contributed by atoms with E-state index < -0.39 is 0 Å². The van der Waals surface area contributed by atoms with E-state index in [2.05, 4.69) is 12.2 Å².